The molecule has 7 nitrogen and oxygen atoms in total. The standard InChI is InChI=1S/C17H24N6O/c1-22(10-16-12-6-2-3-7-13(12)18-19-16)17(24)11-23-20-14-8-4-5-9-15(14)21-23/h4-5,8-9,12-13,16,18-19H,2-3,6-7,10-11H2,1H3. The molecule has 3 unspecified atom stereocenters. The van der Waals surface area contributed by atoms with Crippen molar-refractivity contribution in [2.75, 3.05) is 13.6 Å². The van der Waals surface area contributed by atoms with Gasteiger partial charge in [0.25, 0.3) is 0 Å². The van der Waals surface area contributed by atoms with Crippen LogP contribution in [0.25, 0.3) is 11.0 Å². The molecule has 2 aromatic rings. The maximum atomic E-state index is 12.5. The fourth-order valence-corrected chi connectivity index (χ4v) is 3.94. The van der Waals surface area contributed by atoms with Gasteiger partial charge in [-0.2, -0.15) is 15.0 Å². The third-order valence-electron chi connectivity index (χ3n) is 5.29. The van der Waals surface area contributed by atoms with Crippen LogP contribution < -0.4 is 10.9 Å². The Morgan fingerprint density at radius 3 is 2.67 bits per heavy atom. The minimum atomic E-state index is 0.0383. The molecule has 0 bridgehead atoms. The third-order valence-corrected chi connectivity index (χ3v) is 5.29. The van der Waals surface area contributed by atoms with Crippen LogP contribution in [0, 0.1) is 5.92 Å². The molecule has 1 aliphatic carbocycles. The highest BCUT2D eigenvalue weighted by atomic mass is 16.2. The predicted molar refractivity (Wildman–Crippen MR) is 91.0 cm³/mol. The number of carbonyl (C=O) groups excluding carboxylic acids is 1. The van der Waals surface area contributed by atoms with Crippen LogP contribution in [0.15, 0.2) is 24.3 Å². The minimum Gasteiger partial charge on any atom is -0.342 e. The van der Waals surface area contributed by atoms with E-state index in [0.29, 0.717) is 24.5 Å². The van der Waals surface area contributed by atoms with Gasteiger partial charge < -0.3 is 4.90 Å². The number of fused-ring (bicyclic) bond motifs is 2. The van der Waals surface area contributed by atoms with Crippen LogP contribution in [0.1, 0.15) is 25.7 Å². The normalized spacial score (nSPS) is 26.5. The molecule has 4 rings (SSSR count). The van der Waals surface area contributed by atoms with E-state index in [9.17, 15) is 4.79 Å². The second-order valence-corrected chi connectivity index (χ2v) is 6.94. The van der Waals surface area contributed by atoms with E-state index >= 15 is 0 Å². The summed E-state index contributed by atoms with van der Waals surface area (Å²) in [4.78, 5) is 15.8. The molecule has 1 aliphatic heterocycles. The van der Waals surface area contributed by atoms with Gasteiger partial charge in [-0.3, -0.25) is 15.6 Å². The van der Waals surface area contributed by atoms with Gasteiger partial charge in [-0.05, 0) is 30.9 Å². The van der Waals surface area contributed by atoms with E-state index < -0.39 is 0 Å². The molecule has 3 atom stereocenters. The number of rotatable bonds is 4. The van der Waals surface area contributed by atoms with E-state index in [0.717, 1.165) is 11.0 Å². The van der Waals surface area contributed by atoms with Gasteiger partial charge in [0.15, 0.2) is 0 Å². The highest BCUT2D eigenvalue weighted by Gasteiger charge is 2.37. The van der Waals surface area contributed by atoms with Crippen molar-refractivity contribution in [1.29, 1.82) is 0 Å². The quantitative estimate of drug-likeness (QED) is 0.873. The SMILES string of the molecule is CN(CC1NNC2CCCCC21)C(=O)Cn1nc2ccccc2n1. The number of likely N-dealkylation sites (N-methyl/N-ethyl adjacent to an activating group) is 1. The van der Waals surface area contributed by atoms with Crippen LogP contribution in [0.3, 0.4) is 0 Å². The van der Waals surface area contributed by atoms with Crippen molar-refractivity contribution in [3.63, 3.8) is 0 Å². The van der Waals surface area contributed by atoms with Gasteiger partial charge in [0, 0.05) is 25.7 Å². The molecular formula is C17H24N6O. The van der Waals surface area contributed by atoms with Gasteiger partial charge in [-0.15, -0.1) is 0 Å². The Balaban J connectivity index is 1.37. The van der Waals surface area contributed by atoms with Gasteiger partial charge in [0.2, 0.25) is 5.91 Å². The topological polar surface area (TPSA) is 75.1 Å². The third kappa shape index (κ3) is 3.01. The molecule has 24 heavy (non-hydrogen) atoms. The molecule has 0 radical (unpaired) electrons. The number of benzene rings is 1. The maximum absolute atomic E-state index is 12.5. The summed E-state index contributed by atoms with van der Waals surface area (Å²) >= 11 is 0. The average Bonchev–Trinajstić information content (AvgIpc) is 3.18. The summed E-state index contributed by atoms with van der Waals surface area (Å²) in [6.07, 6.45) is 5.07. The van der Waals surface area contributed by atoms with Gasteiger partial charge in [0.05, 0.1) is 0 Å². The van der Waals surface area contributed by atoms with Crippen LogP contribution in [0.4, 0.5) is 0 Å². The first-order valence-corrected chi connectivity index (χ1v) is 8.75. The number of amides is 1. The second-order valence-electron chi connectivity index (χ2n) is 6.94. The van der Waals surface area contributed by atoms with E-state index in [1.165, 1.54) is 30.5 Å². The van der Waals surface area contributed by atoms with Crippen molar-refractivity contribution in [3.05, 3.63) is 24.3 Å². The Morgan fingerprint density at radius 1 is 1.21 bits per heavy atom. The van der Waals surface area contributed by atoms with Crippen LogP contribution in [0.5, 0.6) is 0 Å². The summed E-state index contributed by atoms with van der Waals surface area (Å²) < 4.78 is 0. The first-order chi connectivity index (χ1) is 11.7. The summed E-state index contributed by atoms with van der Waals surface area (Å²) in [5.74, 6) is 0.663. The van der Waals surface area contributed by atoms with Crippen molar-refractivity contribution in [2.45, 2.75) is 44.3 Å². The molecular weight excluding hydrogens is 304 g/mol. The van der Waals surface area contributed by atoms with Gasteiger partial charge in [0.1, 0.15) is 17.6 Å². The van der Waals surface area contributed by atoms with Crippen LogP contribution >= 0.6 is 0 Å². The molecule has 1 amide bonds. The lowest BCUT2D eigenvalue weighted by molar-refractivity contribution is -0.131. The zero-order valence-electron chi connectivity index (χ0n) is 14.0. The zero-order valence-corrected chi connectivity index (χ0v) is 14.0. The Hall–Kier alpha value is -1.99. The first-order valence-electron chi connectivity index (χ1n) is 8.75. The lowest BCUT2D eigenvalue weighted by Crippen LogP contribution is -2.44. The Labute approximate surface area is 141 Å². The van der Waals surface area contributed by atoms with Crippen LogP contribution in [-0.2, 0) is 11.3 Å². The summed E-state index contributed by atoms with van der Waals surface area (Å²) in [5.41, 5.74) is 8.43. The van der Waals surface area contributed by atoms with E-state index in [1.807, 2.05) is 31.3 Å². The Bertz CT molecular complexity index is 696. The fraction of sp³-hybridized carbons (Fsp3) is 0.588. The highest BCUT2D eigenvalue weighted by Crippen LogP contribution is 2.30. The number of hydrogen-bond acceptors (Lipinski definition) is 5. The van der Waals surface area contributed by atoms with Crippen molar-refractivity contribution in [1.82, 2.24) is 30.7 Å². The summed E-state index contributed by atoms with van der Waals surface area (Å²) in [6.45, 7) is 0.896. The molecule has 1 aromatic heterocycles. The number of hydrogen-bond donors (Lipinski definition) is 2. The lowest BCUT2D eigenvalue weighted by atomic mass is 9.81. The van der Waals surface area contributed by atoms with Gasteiger partial charge >= 0.3 is 0 Å². The molecule has 1 aromatic carbocycles. The van der Waals surface area contributed by atoms with E-state index in [1.54, 1.807) is 4.90 Å². The lowest BCUT2D eigenvalue weighted by Gasteiger charge is -2.29. The number of hydrazine groups is 1. The van der Waals surface area contributed by atoms with Crippen molar-refractivity contribution >= 4 is 16.9 Å². The maximum Gasteiger partial charge on any atom is 0.245 e. The van der Waals surface area contributed by atoms with Crippen molar-refractivity contribution < 1.29 is 4.79 Å². The van der Waals surface area contributed by atoms with Crippen LogP contribution in [-0.4, -0.2) is 51.5 Å². The summed E-state index contributed by atoms with van der Waals surface area (Å²) in [7, 11) is 1.86. The Kier molecular flexibility index (Phi) is 4.20. The molecule has 2 aliphatic rings. The second kappa shape index (κ2) is 6.49. The highest BCUT2D eigenvalue weighted by molar-refractivity contribution is 5.77. The molecule has 128 valence electrons. The first kappa shape index (κ1) is 15.5. The monoisotopic (exact) mass is 328 g/mol. The summed E-state index contributed by atoms with van der Waals surface area (Å²) in [5, 5.41) is 8.73. The molecule has 2 fully saturated rings. The average molecular weight is 328 g/mol. The summed E-state index contributed by atoms with van der Waals surface area (Å²) in [6, 6.07) is 8.55. The van der Waals surface area contributed by atoms with E-state index in [-0.39, 0.29) is 12.5 Å². The number of nitrogens with zero attached hydrogens (tertiary/aromatic N) is 4. The molecule has 7 heteroatoms. The van der Waals surface area contributed by atoms with Gasteiger partial charge in [-0.1, -0.05) is 25.0 Å². The molecule has 2 heterocycles. The smallest absolute Gasteiger partial charge is 0.245 e. The van der Waals surface area contributed by atoms with Gasteiger partial charge in [-0.25, -0.2) is 0 Å². The zero-order chi connectivity index (χ0) is 16.5. The molecule has 0 spiro atoms. The molecule has 2 N–H and O–H groups in total. The number of aromatic nitrogens is 3. The molecule has 1 saturated heterocycles. The number of nitrogens with one attached hydrogen (secondary N) is 2. The van der Waals surface area contributed by atoms with Crippen molar-refractivity contribution in [3.8, 4) is 0 Å². The fourth-order valence-electron chi connectivity index (χ4n) is 3.94. The van der Waals surface area contributed by atoms with Crippen molar-refractivity contribution in [2.24, 2.45) is 5.92 Å². The minimum absolute atomic E-state index is 0.0383. The largest absolute Gasteiger partial charge is 0.342 e. The van der Waals surface area contributed by atoms with E-state index in [4.69, 9.17) is 0 Å². The van der Waals surface area contributed by atoms with Crippen LogP contribution in [0.2, 0.25) is 0 Å². The van der Waals surface area contributed by atoms with E-state index in [2.05, 4.69) is 21.0 Å². The Morgan fingerprint density at radius 2 is 1.92 bits per heavy atom. The number of carbonyl (C=O) groups is 1. The molecule has 1 saturated carbocycles. The predicted octanol–water partition coefficient (Wildman–Crippen LogP) is 0.925.